The van der Waals surface area contributed by atoms with E-state index in [1.54, 1.807) is 12.1 Å². The Bertz CT molecular complexity index is 763. The number of anilines is 2. The average molecular weight is 379 g/mol. The SMILES string of the molecule is O=C(Nc1ccc(OC(F)F)cc1)[C@H]1CC[C@@H](Nc2cccc(F)n2)CC1. The first kappa shape index (κ1) is 19.0. The molecule has 1 aliphatic carbocycles. The summed E-state index contributed by atoms with van der Waals surface area (Å²) in [6.07, 6.45) is 2.95. The third kappa shape index (κ3) is 5.60. The topological polar surface area (TPSA) is 63.2 Å². The maximum atomic E-state index is 13.1. The number of hydrogen-bond acceptors (Lipinski definition) is 4. The Hall–Kier alpha value is -2.77. The number of hydrogen-bond donors (Lipinski definition) is 2. The van der Waals surface area contributed by atoms with Crippen molar-refractivity contribution < 1.29 is 22.7 Å². The van der Waals surface area contributed by atoms with Gasteiger partial charge in [0.05, 0.1) is 0 Å². The van der Waals surface area contributed by atoms with Crippen molar-refractivity contribution in [3.8, 4) is 5.75 Å². The van der Waals surface area contributed by atoms with Crippen molar-refractivity contribution in [1.29, 1.82) is 0 Å². The fourth-order valence-corrected chi connectivity index (χ4v) is 3.16. The third-order valence-corrected chi connectivity index (χ3v) is 4.51. The molecular weight excluding hydrogens is 359 g/mol. The van der Waals surface area contributed by atoms with Crippen LogP contribution in [0.25, 0.3) is 0 Å². The van der Waals surface area contributed by atoms with Crippen LogP contribution in [0, 0.1) is 11.9 Å². The summed E-state index contributed by atoms with van der Waals surface area (Å²) in [5, 5.41) is 5.99. The van der Waals surface area contributed by atoms with Crippen molar-refractivity contribution >= 4 is 17.4 Å². The Morgan fingerprint density at radius 1 is 1.07 bits per heavy atom. The lowest BCUT2D eigenvalue weighted by molar-refractivity contribution is -0.120. The van der Waals surface area contributed by atoms with Crippen LogP contribution < -0.4 is 15.4 Å². The zero-order valence-corrected chi connectivity index (χ0v) is 14.5. The molecule has 0 bridgehead atoms. The summed E-state index contributed by atoms with van der Waals surface area (Å²) in [6, 6.07) is 10.6. The molecule has 1 amide bonds. The minimum Gasteiger partial charge on any atom is -0.435 e. The Labute approximate surface area is 154 Å². The van der Waals surface area contributed by atoms with Crippen LogP contribution in [-0.4, -0.2) is 23.5 Å². The summed E-state index contributed by atoms with van der Waals surface area (Å²) < 4.78 is 41.7. The minimum atomic E-state index is -2.88. The predicted molar refractivity (Wildman–Crippen MR) is 95.3 cm³/mol. The normalized spacial score (nSPS) is 19.6. The van der Waals surface area contributed by atoms with Crippen molar-refractivity contribution in [2.75, 3.05) is 10.6 Å². The number of pyridine rings is 1. The highest BCUT2D eigenvalue weighted by atomic mass is 19.3. The number of halogens is 3. The van der Waals surface area contributed by atoms with Crippen LogP contribution in [0.4, 0.5) is 24.7 Å². The number of benzene rings is 1. The number of amides is 1. The van der Waals surface area contributed by atoms with Crippen molar-refractivity contribution in [2.45, 2.75) is 38.3 Å². The molecule has 3 rings (SSSR count). The van der Waals surface area contributed by atoms with Gasteiger partial charge in [0.25, 0.3) is 0 Å². The van der Waals surface area contributed by atoms with Gasteiger partial charge in [0.1, 0.15) is 11.6 Å². The summed E-state index contributed by atoms with van der Waals surface area (Å²) in [5.74, 6) is -0.215. The molecule has 144 valence electrons. The Balaban J connectivity index is 1.47. The molecule has 0 atom stereocenters. The lowest BCUT2D eigenvalue weighted by Crippen LogP contribution is -2.32. The van der Waals surface area contributed by atoms with Gasteiger partial charge >= 0.3 is 6.61 Å². The molecular formula is C19H20F3N3O2. The number of aromatic nitrogens is 1. The van der Waals surface area contributed by atoms with Crippen LogP contribution in [0.2, 0.25) is 0 Å². The number of nitrogens with one attached hydrogen (secondary N) is 2. The molecule has 1 aliphatic rings. The van der Waals surface area contributed by atoms with Crippen LogP contribution in [0.5, 0.6) is 5.75 Å². The zero-order chi connectivity index (χ0) is 19.2. The lowest BCUT2D eigenvalue weighted by atomic mass is 9.85. The highest BCUT2D eigenvalue weighted by Crippen LogP contribution is 2.28. The van der Waals surface area contributed by atoms with Gasteiger partial charge in [0.15, 0.2) is 0 Å². The van der Waals surface area contributed by atoms with Crippen molar-refractivity contribution in [1.82, 2.24) is 4.98 Å². The molecule has 1 fully saturated rings. The molecule has 0 radical (unpaired) electrons. The van der Waals surface area contributed by atoms with Crippen LogP contribution in [0.3, 0.4) is 0 Å². The predicted octanol–water partition coefficient (Wildman–Crippen LogP) is 4.43. The fraction of sp³-hybridized carbons (Fsp3) is 0.368. The van der Waals surface area contributed by atoms with E-state index in [-0.39, 0.29) is 23.6 Å². The highest BCUT2D eigenvalue weighted by molar-refractivity contribution is 5.92. The molecule has 1 aromatic carbocycles. The van der Waals surface area contributed by atoms with Crippen LogP contribution in [-0.2, 0) is 4.79 Å². The number of carbonyl (C=O) groups excluding carboxylic acids is 1. The smallest absolute Gasteiger partial charge is 0.387 e. The van der Waals surface area contributed by atoms with Gasteiger partial charge in [0, 0.05) is 17.6 Å². The molecule has 1 heterocycles. The first-order chi connectivity index (χ1) is 13.0. The van der Waals surface area contributed by atoms with Crippen molar-refractivity contribution in [3.63, 3.8) is 0 Å². The lowest BCUT2D eigenvalue weighted by Gasteiger charge is -2.28. The van der Waals surface area contributed by atoms with Gasteiger partial charge in [-0.15, -0.1) is 0 Å². The molecule has 0 spiro atoms. The summed E-state index contributed by atoms with van der Waals surface area (Å²) >= 11 is 0. The summed E-state index contributed by atoms with van der Waals surface area (Å²) in [7, 11) is 0. The molecule has 1 saturated carbocycles. The van der Waals surface area contributed by atoms with E-state index in [0.717, 1.165) is 12.8 Å². The first-order valence-corrected chi connectivity index (χ1v) is 8.74. The molecule has 27 heavy (non-hydrogen) atoms. The van der Waals surface area contributed by atoms with E-state index in [4.69, 9.17) is 0 Å². The Morgan fingerprint density at radius 3 is 2.41 bits per heavy atom. The number of ether oxygens (including phenoxy) is 1. The van der Waals surface area contributed by atoms with Gasteiger partial charge in [-0.1, -0.05) is 6.07 Å². The van der Waals surface area contributed by atoms with Crippen molar-refractivity contribution in [2.24, 2.45) is 5.92 Å². The van der Waals surface area contributed by atoms with E-state index in [2.05, 4.69) is 20.4 Å². The molecule has 1 aromatic heterocycles. The second-order valence-electron chi connectivity index (χ2n) is 6.43. The number of carbonyl (C=O) groups is 1. The molecule has 0 aliphatic heterocycles. The summed E-state index contributed by atoms with van der Waals surface area (Å²) in [4.78, 5) is 16.2. The van der Waals surface area contributed by atoms with Gasteiger partial charge in [-0.2, -0.15) is 13.2 Å². The summed E-state index contributed by atoms with van der Waals surface area (Å²) in [6.45, 7) is -2.88. The monoisotopic (exact) mass is 379 g/mol. The van der Waals surface area contributed by atoms with Gasteiger partial charge in [-0.25, -0.2) is 4.98 Å². The Kier molecular flexibility index (Phi) is 6.16. The van der Waals surface area contributed by atoms with Gasteiger partial charge in [-0.05, 0) is 62.1 Å². The standard InChI is InChI=1S/C19H20F3N3O2/c20-16-2-1-3-17(25-16)23-13-6-4-12(5-7-13)18(26)24-14-8-10-15(11-9-14)27-19(21)22/h1-3,8-13,19H,4-7H2,(H,23,25)(H,24,26)/t12-,13+. The molecule has 5 nitrogen and oxygen atoms in total. The third-order valence-electron chi connectivity index (χ3n) is 4.51. The van der Waals surface area contributed by atoms with E-state index >= 15 is 0 Å². The summed E-state index contributed by atoms with van der Waals surface area (Å²) in [5.41, 5.74) is 0.533. The van der Waals surface area contributed by atoms with Gasteiger partial charge < -0.3 is 15.4 Å². The largest absolute Gasteiger partial charge is 0.435 e. The average Bonchev–Trinajstić information content (AvgIpc) is 2.63. The van der Waals surface area contributed by atoms with Crippen LogP contribution >= 0.6 is 0 Å². The van der Waals surface area contributed by atoms with E-state index in [9.17, 15) is 18.0 Å². The zero-order valence-electron chi connectivity index (χ0n) is 14.5. The number of rotatable bonds is 6. The fourth-order valence-electron chi connectivity index (χ4n) is 3.16. The van der Waals surface area contributed by atoms with Crippen LogP contribution in [0.1, 0.15) is 25.7 Å². The number of nitrogens with zero attached hydrogens (tertiary/aromatic N) is 1. The van der Waals surface area contributed by atoms with E-state index in [1.165, 1.54) is 30.3 Å². The highest BCUT2D eigenvalue weighted by Gasteiger charge is 2.26. The second kappa shape index (κ2) is 8.75. The quantitative estimate of drug-likeness (QED) is 0.729. The van der Waals surface area contributed by atoms with Crippen molar-refractivity contribution in [3.05, 3.63) is 48.4 Å². The van der Waals surface area contributed by atoms with Gasteiger partial charge in [-0.3, -0.25) is 4.79 Å². The van der Waals surface area contributed by atoms with E-state index in [1.807, 2.05) is 0 Å². The molecule has 0 saturated heterocycles. The molecule has 8 heteroatoms. The maximum absolute atomic E-state index is 13.1. The first-order valence-electron chi connectivity index (χ1n) is 8.74. The van der Waals surface area contributed by atoms with E-state index in [0.29, 0.717) is 24.3 Å². The van der Waals surface area contributed by atoms with E-state index < -0.39 is 12.6 Å². The second-order valence-corrected chi connectivity index (χ2v) is 6.43. The molecule has 2 aromatic rings. The Morgan fingerprint density at radius 2 is 1.78 bits per heavy atom. The molecule has 2 N–H and O–H groups in total. The van der Waals surface area contributed by atoms with Crippen LogP contribution in [0.15, 0.2) is 42.5 Å². The minimum absolute atomic E-state index is 0.0422. The maximum Gasteiger partial charge on any atom is 0.387 e. The molecule has 0 unspecified atom stereocenters. The number of alkyl halides is 2. The van der Waals surface area contributed by atoms with Gasteiger partial charge in [0.2, 0.25) is 11.9 Å².